The smallest absolute Gasteiger partial charge is 0.314 e. The van der Waals surface area contributed by atoms with Gasteiger partial charge in [-0.3, -0.25) is 15.0 Å². The quantitative estimate of drug-likeness (QED) is 0.679. The van der Waals surface area contributed by atoms with Crippen LogP contribution < -0.4 is 4.74 Å². The molecule has 0 unspecified atom stereocenters. The summed E-state index contributed by atoms with van der Waals surface area (Å²) in [6.45, 7) is 1.72. The molecule has 1 aliphatic carbocycles. The fourth-order valence-corrected chi connectivity index (χ4v) is 4.19. The molecule has 0 spiro atoms. The molecule has 0 amide bonds. The molecule has 2 fully saturated rings. The zero-order valence-electron chi connectivity index (χ0n) is 13.5. The lowest BCUT2D eigenvalue weighted by Gasteiger charge is -2.44. The minimum absolute atomic E-state index is 0.173. The number of ether oxygens (including phenoxy) is 1. The van der Waals surface area contributed by atoms with E-state index in [9.17, 15) is 15.2 Å². The summed E-state index contributed by atoms with van der Waals surface area (Å²) in [6, 6.07) is 3.79. The molecular weight excluding hydrogens is 296 g/mol. The predicted molar refractivity (Wildman–Crippen MR) is 86.7 cm³/mol. The molecule has 6 nitrogen and oxygen atoms in total. The van der Waals surface area contributed by atoms with Crippen molar-refractivity contribution >= 4 is 5.69 Å². The van der Waals surface area contributed by atoms with Crippen molar-refractivity contribution < 1.29 is 14.8 Å². The van der Waals surface area contributed by atoms with Crippen LogP contribution in [0.25, 0.3) is 0 Å². The summed E-state index contributed by atoms with van der Waals surface area (Å²) in [5, 5.41) is 21.0. The maximum atomic E-state index is 11.1. The molecule has 1 N–H and O–H groups in total. The third kappa shape index (κ3) is 3.27. The summed E-state index contributed by atoms with van der Waals surface area (Å²) in [6.07, 6.45) is 7.63. The number of nitrogens with zero attached hydrogens (tertiary/aromatic N) is 2. The third-order valence-electron chi connectivity index (χ3n) is 5.28. The van der Waals surface area contributed by atoms with Gasteiger partial charge in [0.25, 0.3) is 0 Å². The van der Waals surface area contributed by atoms with Crippen molar-refractivity contribution in [2.45, 2.75) is 51.1 Å². The van der Waals surface area contributed by atoms with Gasteiger partial charge in [-0.15, -0.1) is 0 Å². The Morgan fingerprint density at radius 3 is 2.78 bits per heavy atom. The summed E-state index contributed by atoms with van der Waals surface area (Å²) in [5.74, 6) is 0.549. The first-order valence-electron chi connectivity index (χ1n) is 8.38. The highest BCUT2D eigenvalue weighted by Crippen LogP contribution is 2.39. The zero-order valence-corrected chi connectivity index (χ0v) is 13.5. The van der Waals surface area contributed by atoms with Crippen molar-refractivity contribution in [2.24, 2.45) is 5.92 Å². The summed E-state index contributed by atoms with van der Waals surface area (Å²) in [5.41, 5.74) is 0.550. The first kappa shape index (κ1) is 16.1. The molecule has 3 rings (SSSR count). The average Bonchev–Trinajstić information content (AvgIpc) is 2.56. The number of piperidine rings is 1. The second kappa shape index (κ2) is 6.74. The monoisotopic (exact) mass is 320 g/mol. The number of hydrogen-bond donors (Lipinski definition) is 1. The van der Waals surface area contributed by atoms with Crippen LogP contribution in [0.1, 0.15) is 44.1 Å². The van der Waals surface area contributed by atoms with Gasteiger partial charge >= 0.3 is 5.69 Å². The summed E-state index contributed by atoms with van der Waals surface area (Å²) in [4.78, 5) is 13.0. The van der Waals surface area contributed by atoms with E-state index in [2.05, 4.69) is 4.90 Å². The van der Waals surface area contributed by atoms with Crippen molar-refractivity contribution in [1.82, 2.24) is 4.90 Å². The van der Waals surface area contributed by atoms with Gasteiger partial charge in [0.05, 0.1) is 12.0 Å². The summed E-state index contributed by atoms with van der Waals surface area (Å²) in [7, 11) is 1.42. The Kier molecular flexibility index (Phi) is 4.71. The number of rotatable bonds is 4. The first-order chi connectivity index (χ1) is 11.1. The second-order valence-corrected chi connectivity index (χ2v) is 6.65. The van der Waals surface area contributed by atoms with Crippen molar-refractivity contribution in [1.29, 1.82) is 0 Å². The summed E-state index contributed by atoms with van der Waals surface area (Å²) < 4.78 is 5.10. The number of benzene rings is 1. The van der Waals surface area contributed by atoms with Gasteiger partial charge in [0, 0.05) is 18.7 Å². The molecule has 0 aromatic heterocycles. The zero-order chi connectivity index (χ0) is 16.4. The lowest BCUT2D eigenvalue weighted by Crippen LogP contribution is -2.46. The second-order valence-electron chi connectivity index (χ2n) is 6.65. The fourth-order valence-electron chi connectivity index (χ4n) is 4.19. The van der Waals surface area contributed by atoms with Gasteiger partial charge in [-0.05, 0) is 49.8 Å². The predicted octanol–water partition coefficient (Wildman–Crippen LogP) is 3.46. The molecule has 1 aromatic rings. The number of methoxy groups -OCH3 is 1. The molecule has 126 valence electrons. The van der Waals surface area contributed by atoms with Gasteiger partial charge in [0.2, 0.25) is 5.75 Å². The minimum atomic E-state index is -0.555. The molecule has 2 aliphatic rings. The molecule has 1 heterocycles. The molecular formula is C17H24N2O4. The van der Waals surface area contributed by atoms with E-state index in [0.717, 1.165) is 18.0 Å². The van der Waals surface area contributed by atoms with Crippen molar-refractivity contribution in [3.63, 3.8) is 0 Å². The van der Waals surface area contributed by atoms with Crippen LogP contribution in [0.5, 0.6) is 11.5 Å². The van der Waals surface area contributed by atoms with Crippen LogP contribution in [0.2, 0.25) is 0 Å². The number of phenols is 1. The van der Waals surface area contributed by atoms with E-state index < -0.39 is 10.7 Å². The largest absolute Gasteiger partial charge is 0.500 e. The Bertz CT molecular complexity index is 588. The standard InChI is InChI=1S/C17H24N2O4/c1-23-16-10-12(9-15(17(16)20)19(21)22)11-18-8-4-6-13-5-2-3-7-14(13)18/h9-10,13-14,20H,2-8,11H2,1H3/t13-,14-/m1/s1. The number of hydrogen-bond acceptors (Lipinski definition) is 5. The van der Waals surface area contributed by atoms with E-state index in [-0.39, 0.29) is 11.4 Å². The van der Waals surface area contributed by atoms with Crippen LogP contribution in [0.15, 0.2) is 12.1 Å². The fraction of sp³-hybridized carbons (Fsp3) is 0.647. The lowest BCUT2D eigenvalue weighted by atomic mass is 9.78. The van der Waals surface area contributed by atoms with E-state index in [4.69, 9.17) is 4.74 Å². The SMILES string of the molecule is COc1cc(CN2CCC[C@H]3CCCC[C@H]32)cc([N+](=O)[O-])c1O. The Morgan fingerprint density at radius 2 is 2.04 bits per heavy atom. The van der Waals surface area contributed by atoms with E-state index in [1.54, 1.807) is 6.07 Å². The highest BCUT2D eigenvalue weighted by molar-refractivity contribution is 5.57. The minimum Gasteiger partial charge on any atom is -0.500 e. The Labute approximate surface area is 136 Å². The number of likely N-dealkylation sites (tertiary alicyclic amines) is 1. The van der Waals surface area contributed by atoms with Gasteiger partial charge in [-0.25, -0.2) is 0 Å². The number of phenolic OH excluding ortho intramolecular Hbond substituents is 1. The van der Waals surface area contributed by atoms with E-state index in [0.29, 0.717) is 12.6 Å². The van der Waals surface area contributed by atoms with Crippen molar-refractivity contribution in [2.75, 3.05) is 13.7 Å². The maximum Gasteiger partial charge on any atom is 0.314 e. The van der Waals surface area contributed by atoms with E-state index in [1.165, 1.54) is 51.7 Å². The number of fused-ring (bicyclic) bond motifs is 1. The topological polar surface area (TPSA) is 75.8 Å². The van der Waals surface area contributed by atoms with Crippen LogP contribution >= 0.6 is 0 Å². The molecule has 2 atom stereocenters. The van der Waals surface area contributed by atoms with Crippen LogP contribution in [-0.4, -0.2) is 34.6 Å². The van der Waals surface area contributed by atoms with Gasteiger partial charge in [0.15, 0.2) is 5.75 Å². The van der Waals surface area contributed by atoms with Gasteiger partial charge in [-0.1, -0.05) is 12.8 Å². The van der Waals surface area contributed by atoms with Gasteiger partial charge < -0.3 is 9.84 Å². The number of nitro groups is 1. The summed E-state index contributed by atoms with van der Waals surface area (Å²) >= 11 is 0. The molecule has 6 heteroatoms. The van der Waals surface area contributed by atoms with Crippen molar-refractivity contribution in [3.05, 3.63) is 27.8 Å². The highest BCUT2D eigenvalue weighted by Gasteiger charge is 2.33. The molecule has 0 radical (unpaired) electrons. The maximum absolute atomic E-state index is 11.1. The van der Waals surface area contributed by atoms with Crippen molar-refractivity contribution in [3.8, 4) is 11.5 Å². The van der Waals surface area contributed by atoms with Gasteiger partial charge in [-0.2, -0.15) is 0 Å². The Balaban J connectivity index is 1.84. The highest BCUT2D eigenvalue weighted by atomic mass is 16.6. The number of nitro benzene ring substituents is 1. The Hall–Kier alpha value is -1.82. The van der Waals surface area contributed by atoms with Crippen LogP contribution in [0.4, 0.5) is 5.69 Å². The molecule has 1 aromatic carbocycles. The van der Waals surface area contributed by atoms with E-state index in [1.807, 2.05) is 0 Å². The molecule has 1 aliphatic heterocycles. The first-order valence-corrected chi connectivity index (χ1v) is 8.38. The Morgan fingerprint density at radius 1 is 1.30 bits per heavy atom. The molecule has 0 bridgehead atoms. The lowest BCUT2D eigenvalue weighted by molar-refractivity contribution is -0.386. The third-order valence-corrected chi connectivity index (χ3v) is 5.28. The van der Waals surface area contributed by atoms with Crippen LogP contribution in [-0.2, 0) is 6.54 Å². The van der Waals surface area contributed by atoms with Crippen LogP contribution in [0, 0.1) is 16.0 Å². The average molecular weight is 320 g/mol. The molecule has 1 saturated carbocycles. The molecule has 23 heavy (non-hydrogen) atoms. The van der Waals surface area contributed by atoms with Crippen LogP contribution in [0.3, 0.4) is 0 Å². The van der Waals surface area contributed by atoms with Gasteiger partial charge in [0.1, 0.15) is 0 Å². The molecule has 1 saturated heterocycles. The number of aromatic hydroxyl groups is 1. The normalized spacial score (nSPS) is 24.9. The van der Waals surface area contributed by atoms with E-state index >= 15 is 0 Å².